The van der Waals surface area contributed by atoms with Crippen molar-refractivity contribution >= 4 is 5.69 Å². The normalized spacial score (nSPS) is 23.6. The maximum Gasteiger partial charge on any atom is 0.0562 e. The van der Waals surface area contributed by atoms with Gasteiger partial charge in [0.1, 0.15) is 0 Å². The molecule has 0 aliphatic carbocycles. The second-order valence-corrected chi connectivity index (χ2v) is 5.18. The molecule has 1 aromatic rings. The Kier molecular flexibility index (Phi) is 4.59. The van der Waals surface area contributed by atoms with Crippen molar-refractivity contribution in [1.29, 1.82) is 0 Å². The highest BCUT2D eigenvalue weighted by Gasteiger charge is 2.29. The third kappa shape index (κ3) is 2.83. The lowest BCUT2D eigenvalue weighted by atomic mass is 10.1. The van der Waals surface area contributed by atoms with E-state index >= 15 is 0 Å². The summed E-state index contributed by atoms with van der Waals surface area (Å²) in [4.78, 5) is 7.02. The van der Waals surface area contributed by atoms with Crippen LogP contribution in [0.25, 0.3) is 0 Å². The highest BCUT2D eigenvalue weighted by molar-refractivity contribution is 5.49. The first-order chi connectivity index (χ1) is 8.76. The Morgan fingerprint density at radius 2 is 2.22 bits per heavy atom. The zero-order valence-electron chi connectivity index (χ0n) is 11.8. The second-order valence-electron chi connectivity index (χ2n) is 5.18. The van der Waals surface area contributed by atoms with Crippen molar-refractivity contribution in [2.24, 2.45) is 0 Å². The van der Waals surface area contributed by atoms with Gasteiger partial charge in [0.25, 0.3) is 0 Å². The molecule has 1 fully saturated rings. The van der Waals surface area contributed by atoms with Gasteiger partial charge in [-0.05, 0) is 44.9 Å². The van der Waals surface area contributed by atoms with E-state index in [1.165, 1.54) is 24.9 Å². The van der Waals surface area contributed by atoms with Crippen LogP contribution in [0.15, 0.2) is 18.3 Å². The van der Waals surface area contributed by atoms with E-state index in [2.05, 4.69) is 48.1 Å². The van der Waals surface area contributed by atoms with Gasteiger partial charge in [0, 0.05) is 30.5 Å². The molecule has 18 heavy (non-hydrogen) atoms. The molecule has 2 heterocycles. The van der Waals surface area contributed by atoms with E-state index in [0.29, 0.717) is 12.1 Å². The van der Waals surface area contributed by atoms with E-state index < -0.39 is 0 Å². The minimum Gasteiger partial charge on any atom is -0.366 e. The molecule has 2 unspecified atom stereocenters. The number of nitrogens with one attached hydrogen (secondary N) is 1. The molecular formula is C15H25N3. The van der Waals surface area contributed by atoms with Crippen LogP contribution in [0.1, 0.15) is 45.7 Å². The molecule has 1 aliphatic heterocycles. The highest BCUT2D eigenvalue weighted by atomic mass is 15.2. The van der Waals surface area contributed by atoms with Crippen LogP contribution in [0.2, 0.25) is 0 Å². The summed E-state index contributed by atoms with van der Waals surface area (Å²) in [5.74, 6) is 0. The summed E-state index contributed by atoms with van der Waals surface area (Å²) in [7, 11) is 0. The Balaban J connectivity index is 2.16. The quantitative estimate of drug-likeness (QED) is 0.867. The Morgan fingerprint density at radius 1 is 1.39 bits per heavy atom. The summed E-state index contributed by atoms with van der Waals surface area (Å²) in [5, 5.41) is 3.34. The lowest BCUT2D eigenvalue weighted by molar-refractivity contribution is 0.626. The van der Waals surface area contributed by atoms with Crippen molar-refractivity contribution in [3.8, 4) is 0 Å². The van der Waals surface area contributed by atoms with Crippen molar-refractivity contribution in [3.05, 3.63) is 24.0 Å². The predicted octanol–water partition coefficient (Wildman–Crippen LogP) is 2.96. The number of anilines is 1. The number of hydrogen-bond acceptors (Lipinski definition) is 3. The smallest absolute Gasteiger partial charge is 0.0562 e. The molecular weight excluding hydrogens is 222 g/mol. The average Bonchev–Trinajstić information content (AvgIpc) is 2.78. The zero-order chi connectivity index (χ0) is 13.0. The maximum absolute atomic E-state index is 4.44. The lowest BCUT2D eigenvalue weighted by Crippen LogP contribution is -2.34. The summed E-state index contributed by atoms with van der Waals surface area (Å²) < 4.78 is 0. The monoisotopic (exact) mass is 247 g/mol. The molecule has 2 atom stereocenters. The van der Waals surface area contributed by atoms with E-state index in [4.69, 9.17) is 0 Å². The molecule has 0 radical (unpaired) electrons. The summed E-state index contributed by atoms with van der Waals surface area (Å²) in [6, 6.07) is 5.76. The summed E-state index contributed by atoms with van der Waals surface area (Å²) in [6.45, 7) is 8.60. The summed E-state index contributed by atoms with van der Waals surface area (Å²) in [5.41, 5.74) is 2.48. The van der Waals surface area contributed by atoms with Crippen LogP contribution in [0.3, 0.4) is 0 Å². The first-order valence-electron chi connectivity index (χ1n) is 7.20. The molecule has 3 heteroatoms. The van der Waals surface area contributed by atoms with E-state index in [1.807, 2.05) is 6.20 Å². The van der Waals surface area contributed by atoms with Crippen molar-refractivity contribution < 1.29 is 0 Å². The first kappa shape index (κ1) is 13.3. The fraction of sp³-hybridized carbons (Fsp3) is 0.667. The van der Waals surface area contributed by atoms with Gasteiger partial charge in [-0.25, -0.2) is 0 Å². The molecule has 0 saturated carbocycles. The van der Waals surface area contributed by atoms with Gasteiger partial charge in [0.05, 0.1) is 5.69 Å². The molecule has 0 aromatic carbocycles. The van der Waals surface area contributed by atoms with Crippen molar-refractivity contribution in [2.75, 3.05) is 11.4 Å². The molecule has 100 valence electrons. The maximum atomic E-state index is 4.44. The topological polar surface area (TPSA) is 28.2 Å². The van der Waals surface area contributed by atoms with E-state index in [-0.39, 0.29) is 0 Å². The van der Waals surface area contributed by atoms with Gasteiger partial charge in [-0.1, -0.05) is 13.8 Å². The first-order valence-corrected chi connectivity index (χ1v) is 7.20. The van der Waals surface area contributed by atoms with Gasteiger partial charge < -0.3 is 10.2 Å². The van der Waals surface area contributed by atoms with Crippen LogP contribution in [-0.4, -0.2) is 23.6 Å². The van der Waals surface area contributed by atoms with Crippen LogP contribution in [0, 0.1) is 0 Å². The molecule has 0 spiro atoms. The van der Waals surface area contributed by atoms with E-state index in [9.17, 15) is 0 Å². The van der Waals surface area contributed by atoms with Crippen molar-refractivity contribution in [3.63, 3.8) is 0 Å². The Bertz CT molecular complexity index is 378. The van der Waals surface area contributed by atoms with Crippen LogP contribution < -0.4 is 10.2 Å². The summed E-state index contributed by atoms with van der Waals surface area (Å²) >= 11 is 0. The fourth-order valence-electron chi connectivity index (χ4n) is 2.91. The number of pyridine rings is 1. The number of aromatic nitrogens is 1. The van der Waals surface area contributed by atoms with Crippen LogP contribution in [0.5, 0.6) is 0 Å². The molecule has 0 bridgehead atoms. The van der Waals surface area contributed by atoms with Crippen molar-refractivity contribution in [2.45, 2.75) is 58.7 Å². The van der Waals surface area contributed by atoms with Crippen molar-refractivity contribution in [1.82, 2.24) is 10.3 Å². The average molecular weight is 247 g/mol. The Labute approximate surface area is 111 Å². The van der Waals surface area contributed by atoms with E-state index in [0.717, 1.165) is 18.8 Å². The largest absolute Gasteiger partial charge is 0.366 e. The molecule has 1 N–H and O–H groups in total. The van der Waals surface area contributed by atoms with Crippen LogP contribution in [0.4, 0.5) is 5.69 Å². The lowest BCUT2D eigenvalue weighted by Gasteiger charge is -2.30. The predicted molar refractivity (Wildman–Crippen MR) is 76.9 cm³/mol. The van der Waals surface area contributed by atoms with Gasteiger partial charge in [-0.3, -0.25) is 4.98 Å². The SMILES string of the molecule is CCNCc1cc(N2C(C)CCC2CC)ccn1. The molecule has 3 nitrogen and oxygen atoms in total. The van der Waals surface area contributed by atoms with Gasteiger partial charge in [-0.15, -0.1) is 0 Å². The van der Waals surface area contributed by atoms with Gasteiger partial charge >= 0.3 is 0 Å². The number of nitrogens with zero attached hydrogens (tertiary/aromatic N) is 2. The van der Waals surface area contributed by atoms with Gasteiger partial charge in [-0.2, -0.15) is 0 Å². The van der Waals surface area contributed by atoms with E-state index in [1.54, 1.807) is 0 Å². The molecule has 1 saturated heterocycles. The highest BCUT2D eigenvalue weighted by Crippen LogP contribution is 2.31. The van der Waals surface area contributed by atoms with Crippen LogP contribution >= 0.6 is 0 Å². The minimum absolute atomic E-state index is 0.657. The summed E-state index contributed by atoms with van der Waals surface area (Å²) in [6.07, 6.45) is 5.81. The second kappa shape index (κ2) is 6.19. The number of hydrogen-bond donors (Lipinski definition) is 1. The van der Waals surface area contributed by atoms with Crippen LogP contribution in [-0.2, 0) is 6.54 Å². The Morgan fingerprint density at radius 3 is 2.94 bits per heavy atom. The van der Waals surface area contributed by atoms with Gasteiger partial charge in [0.15, 0.2) is 0 Å². The third-order valence-corrected chi connectivity index (χ3v) is 3.91. The molecule has 1 aromatic heterocycles. The standard InChI is InChI=1S/C15H25N3/c1-4-14-7-6-12(3)18(14)15-8-9-17-13(10-15)11-16-5-2/h8-10,12,14,16H,4-7,11H2,1-3H3. The minimum atomic E-state index is 0.657. The number of rotatable bonds is 5. The molecule has 1 aliphatic rings. The Hall–Kier alpha value is -1.09. The fourth-order valence-corrected chi connectivity index (χ4v) is 2.91. The zero-order valence-corrected chi connectivity index (χ0v) is 11.8. The third-order valence-electron chi connectivity index (χ3n) is 3.91. The molecule has 2 rings (SSSR count). The molecule has 0 amide bonds. The van der Waals surface area contributed by atoms with Gasteiger partial charge in [0.2, 0.25) is 0 Å².